The molecular weight excluding hydrogens is 355 g/mol. The third kappa shape index (κ3) is 4.20. The van der Waals surface area contributed by atoms with E-state index in [2.05, 4.69) is 16.0 Å². The number of nitrogens with zero attached hydrogens (tertiary/aromatic N) is 4. The fourth-order valence-electron chi connectivity index (χ4n) is 3.35. The van der Waals surface area contributed by atoms with Crippen molar-refractivity contribution in [2.45, 2.75) is 40.2 Å². The maximum atomic E-state index is 13.1. The van der Waals surface area contributed by atoms with Gasteiger partial charge in [0.2, 0.25) is 5.91 Å². The number of terminal acetylenes is 1. The first-order valence-electron chi connectivity index (χ1n) is 9.17. The topological polar surface area (TPSA) is 50.5 Å². The lowest BCUT2D eigenvalue weighted by Crippen LogP contribution is -2.31. The van der Waals surface area contributed by atoms with E-state index in [0.29, 0.717) is 19.4 Å². The number of benzene rings is 1. The Morgan fingerprint density at radius 1 is 1.25 bits per heavy atom. The van der Waals surface area contributed by atoms with Crippen molar-refractivity contribution in [1.82, 2.24) is 19.5 Å². The van der Waals surface area contributed by atoms with Crippen molar-refractivity contribution in [2.75, 3.05) is 6.54 Å². The number of carbonyl (C=O) groups is 1. The Bertz CT molecular complexity index is 1050. The second-order valence-corrected chi connectivity index (χ2v) is 6.90. The van der Waals surface area contributed by atoms with Gasteiger partial charge < -0.3 is 4.90 Å². The van der Waals surface area contributed by atoms with Crippen LogP contribution in [0.1, 0.15) is 34.6 Å². The zero-order valence-electron chi connectivity index (χ0n) is 16.4. The number of hydrogen-bond donors (Lipinski definition) is 0. The molecular formula is C22H23FN4O. The zero-order chi connectivity index (χ0) is 20.3. The van der Waals surface area contributed by atoms with E-state index in [-0.39, 0.29) is 18.3 Å². The first-order chi connectivity index (χ1) is 13.4. The van der Waals surface area contributed by atoms with E-state index in [1.807, 2.05) is 31.4 Å². The smallest absolute Gasteiger partial charge is 0.223 e. The molecule has 0 aliphatic carbocycles. The highest BCUT2D eigenvalue weighted by Gasteiger charge is 2.16. The van der Waals surface area contributed by atoms with Gasteiger partial charge in [-0.2, -0.15) is 5.10 Å². The Morgan fingerprint density at radius 2 is 1.96 bits per heavy atom. The number of hydrogen-bond acceptors (Lipinski definition) is 3. The molecule has 2 heterocycles. The SMILES string of the molecule is C#CCN(Cc1ccc(F)cc1)C(=O)CCc1c(C)nc2cc(C)nn2c1C. The highest BCUT2D eigenvalue weighted by Crippen LogP contribution is 2.18. The van der Waals surface area contributed by atoms with E-state index < -0.39 is 0 Å². The number of rotatable bonds is 6. The largest absolute Gasteiger partial charge is 0.327 e. The molecule has 0 unspecified atom stereocenters. The molecule has 0 bridgehead atoms. The van der Waals surface area contributed by atoms with E-state index in [0.717, 1.165) is 33.9 Å². The standard InChI is InChI=1S/C22H23FN4O/c1-5-12-26(14-18-6-8-19(23)9-7-18)22(28)11-10-20-16(3)24-21-13-15(2)25-27(21)17(20)4/h1,6-9,13H,10-12,14H2,2-4H3. The van der Waals surface area contributed by atoms with Crippen LogP contribution in [0, 0.1) is 38.9 Å². The third-order valence-electron chi connectivity index (χ3n) is 4.80. The van der Waals surface area contributed by atoms with Gasteiger partial charge in [-0.1, -0.05) is 18.1 Å². The lowest BCUT2D eigenvalue weighted by molar-refractivity contribution is -0.131. The number of amides is 1. The minimum absolute atomic E-state index is 0.0437. The summed E-state index contributed by atoms with van der Waals surface area (Å²) >= 11 is 0. The molecule has 6 heteroatoms. The van der Waals surface area contributed by atoms with E-state index in [1.165, 1.54) is 12.1 Å². The molecule has 28 heavy (non-hydrogen) atoms. The molecule has 0 spiro atoms. The van der Waals surface area contributed by atoms with Gasteiger partial charge in [0.1, 0.15) is 5.82 Å². The summed E-state index contributed by atoms with van der Waals surface area (Å²) in [6.07, 6.45) is 6.32. The van der Waals surface area contributed by atoms with Crippen LogP contribution in [0.2, 0.25) is 0 Å². The first kappa shape index (κ1) is 19.6. The minimum Gasteiger partial charge on any atom is -0.327 e. The van der Waals surface area contributed by atoms with Crippen molar-refractivity contribution in [3.8, 4) is 12.3 Å². The fraction of sp³-hybridized carbons (Fsp3) is 0.318. The molecule has 0 aliphatic heterocycles. The monoisotopic (exact) mass is 378 g/mol. The van der Waals surface area contributed by atoms with Gasteiger partial charge >= 0.3 is 0 Å². The Balaban J connectivity index is 1.74. The normalized spacial score (nSPS) is 10.8. The second-order valence-electron chi connectivity index (χ2n) is 6.90. The molecule has 0 saturated heterocycles. The maximum absolute atomic E-state index is 13.1. The number of aromatic nitrogens is 3. The van der Waals surface area contributed by atoms with Crippen LogP contribution in [-0.4, -0.2) is 31.9 Å². The number of halogens is 1. The number of aryl methyl sites for hydroxylation is 3. The Labute approximate surface area is 164 Å². The van der Waals surface area contributed by atoms with Crippen LogP contribution in [0.25, 0.3) is 5.65 Å². The van der Waals surface area contributed by atoms with Crippen molar-refractivity contribution in [3.63, 3.8) is 0 Å². The lowest BCUT2D eigenvalue weighted by atomic mass is 10.1. The van der Waals surface area contributed by atoms with Gasteiger partial charge in [0.25, 0.3) is 0 Å². The zero-order valence-corrected chi connectivity index (χ0v) is 16.4. The highest BCUT2D eigenvalue weighted by atomic mass is 19.1. The first-order valence-corrected chi connectivity index (χ1v) is 9.17. The van der Waals surface area contributed by atoms with E-state index in [9.17, 15) is 9.18 Å². The lowest BCUT2D eigenvalue weighted by Gasteiger charge is -2.21. The summed E-state index contributed by atoms with van der Waals surface area (Å²) in [7, 11) is 0. The summed E-state index contributed by atoms with van der Waals surface area (Å²) in [5.41, 5.74) is 5.47. The summed E-state index contributed by atoms with van der Waals surface area (Å²) in [5.74, 6) is 2.18. The van der Waals surface area contributed by atoms with Crippen LogP contribution in [0.3, 0.4) is 0 Å². The van der Waals surface area contributed by atoms with Crippen molar-refractivity contribution in [3.05, 3.63) is 64.4 Å². The van der Waals surface area contributed by atoms with Gasteiger partial charge in [-0.05, 0) is 50.5 Å². The van der Waals surface area contributed by atoms with Crippen LogP contribution < -0.4 is 0 Å². The number of fused-ring (bicyclic) bond motifs is 1. The quantitative estimate of drug-likeness (QED) is 0.618. The molecule has 0 N–H and O–H groups in total. The van der Waals surface area contributed by atoms with Gasteiger partial charge in [-0.25, -0.2) is 13.9 Å². The molecule has 144 valence electrons. The maximum Gasteiger partial charge on any atom is 0.223 e. The Kier molecular flexibility index (Phi) is 5.74. The van der Waals surface area contributed by atoms with Gasteiger partial charge in [0.15, 0.2) is 5.65 Å². The molecule has 1 amide bonds. The molecule has 5 nitrogen and oxygen atoms in total. The Morgan fingerprint density at radius 3 is 2.64 bits per heavy atom. The molecule has 3 rings (SSSR count). The predicted octanol–water partition coefficient (Wildman–Crippen LogP) is 3.39. The van der Waals surface area contributed by atoms with E-state index >= 15 is 0 Å². The average molecular weight is 378 g/mol. The summed E-state index contributed by atoms with van der Waals surface area (Å²) in [5, 5.41) is 4.47. The summed E-state index contributed by atoms with van der Waals surface area (Å²) in [6, 6.07) is 8.03. The van der Waals surface area contributed by atoms with E-state index in [1.54, 1.807) is 17.0 Å². The number of carbonyl (C=O) groups excluding carboxylic acids is 1. The third-order valence-corrected chi connectivity index (χ3v) is 4.80. The van der Waals surface area contributed by atoms with Crippen molar-refractivity contribution >= 4 is 11.6 Å². The molecule has 0 radical (unpaired) electrons. The molecule has 3 aromatic rings. The second kappa shape index (κ2) is 8.22. The molecule has 0 atom stereocenters. The predicted molar refractivity (Wildman–Crippen MR) is 106 cm³/mol. The average Bonchev–Trinajstić information content (AvgIpc) is 3.03. The van der Waals surface area contributed by atoms with Gasteiger partial charge in [-0.15, -0.1) is 6.42 Å². The van der Waals surface area contributed by atoms with Crippen LogP contribution in [0.5, 0.6) is 0 Å². The fourth-order valence-corrected chi connectivity index (χ4v) is 3.35. The van der Waals surface area contributed by atoms with Gasteiger partial charge in [-0.3, -0.25) is 4.79 Å². The summed E-state index contributed by atoms with van der Waals surface area (Å²) in [6.45, 7) is 6.44. The van der Waals surface area contributed by atoms with Crippen LogP contribution >= 0.6 is 0 Å². The van der Waals surface area contributed by atoms with Crippen LogP contribution in [-0.2, 0) is 17.8 Å². The van der Waals surface area contributed by atoms with E-state index in [4.69, 9.17) is 6.42 Å². The summed E-state index contributed by atoms with van der Waals surface area (Å²) in [4.78, 5) is 19.0. The highest BCUT2D eigenvalue weighted by molar-refractivity contribution is 5.76. The van der Waals surface area contributed by atoms with Crippen LogP contribution in [0.4, 0.5) is 4.39 Å². The van der Waals surface area contributed by atoms with Gasteiger partial charge in [0, 0.05) is 30.4 Å². The summed E-state index contributed by atoms with van der Waals surface area (Å²) < 4.78 is 14.9. The van der Waals surface area contributed by atoms with Crippen molar-refractivity contribution in [2.24, 2.45) is 0 Å². The molecule has 1 aromatic carbocycles. The van der Waals surface area contributed by atoms with Crippen molar-refractivity contribution < 1.29 is 9.18 Å². The molecule has 0 fully saturated rings. The molecule has 0 aliphatic rings. The van der Waals surface area contributed by atoms with Crippen molar-refractivity contribution in [1.29, 1.82) is 0 Å². The molecule has 2 aromatic heterocycles. The minimum atomic E-state index is -0.304. The van der Waals surface area contributed by atoms with Gasteiger partial charge in [0.05, 0.1) is 12.2 Å². The molecule has 0 saturated carbocycles. The van der Waals surface area contributed by atoms with Crippen LogP contribution in [0.15, 0.2) is 30.3 Å². The Hall–Kier alpha value is -3.20.